The van der Waals surface area contributed by atoms with Gasteiger partial charge in [-0.1, -0.05) is 32.0 Å². The zero-order valence-electron chi connectivity index (χ0n) is 15.8. The molecular weight excluding hydrogens is 316 g/mol. The van der Waals surface area contributed by atoms with E-state index in [2.05, 4.69) is 13.8 Å². The molecule has 25 heavy (non-hydrogen) atoms. The first-order valence-corrected chi connectivity index (χ1v) is 9.21. The minimum absolute atomic E-state index is 0.0361. The average Bonchev–Trinajstić information content (AvgIpc) is 2.62. The number of para-hydroxylation sites is 1. The Morgan fingerprint density at radius 1 is 1.00 bits per heavy atom. The van der Waals surface area contributed by atoms with Gasteiger partial charge in [-0.05, 0) is 38.8 Å². The molecule has 0 saturated carbocycles. The van der Waals surface area contributed by atoms with Crippen LogP contribution in [0, 0.1) is 5.92 Å². The van der Waals surface area contributed by atoms with Crippen molar-refractivity contribution in [1.29, 1.82) is 0 Å². The third kappa shape index (κ3) is 4.74. The van der Waals surface area contributed by atoms with Crippen LogP contribution in [0.3, 0.4) is 0 Å². The lowest BCUT2D eigenvalue weighted by atomic mass is 10.0. The standard InChI is InChI=1S/C20H30N2O3/c1-5-16(6-2)18(23)21-12-14-22(15-13-21)19(24)20(3,4)25-17-10-8-7-9-11-17/h7-11,16H,5-6,12-15H2,1-4H3. The van der Waals surface area contributed by atoms with Crippen molar-refractivity contribution in [1.82, 2.24) is 9.80 Å². The third-order valence-corrected chi connectivity index (χ3v) is 4.84. The minimum atomic E-state index is -0.928. The van der Waals surface area contributed by atoms with Gasteiger partial charge in [0.25, 0.3) is 5.91 Å². The number of piperazine rings is 1. The first-order valence-electron chi connectivity index (χ1n) is 9.21. The highest BCUT2D eigenvalue weighted by atomic mass is 16.5. The molecule has 1 aliphatic rings. The molecule has 2 amide bonds. The van der Waals surface area contributed by atoms with E-state index in [0.717, 1.165) is 12.8 Å². The lowest BCUT2D eigenvalue weighted by Crippen LogP contribution is -2.57. The second-order valence-corrected chi connectivity index (χ2v) is 7.06. The summed E-state index contributed by atoms with van der Waals surface area (Å²) in [5.74, 6) is 0.964. The van der Waals surface area contributed by atoms with Crippen molar-refractivity contribution in [2.45, 2.75) is 46.1 Å². The number of nitrogens with zero attached hydrogens (tertiary/aromatic N) is 2. The molecule has 5 heteroatoms. The lowest BCUT2D eigenvalue weighted by molar-refractivity contribution is -0.150. The van der Waals surface area contributed by atoms with Crippen LogP contribution >= 0.6 is 0 Å². The van der Waals surface area contributed by atoms with Gasteiger partial charge in [0, 0.05) is 32.1 Å². The largest absolute Gasteiger partial charge is 0.478 e. The fraction of sp³-hybridized carbons (Fsp3) is 0.600. The fourth-order valence-electron chi connectivity index (χ4n) is 3.23. The Labute approximate surface area is 150 Å². The molecule has 0 bridgehead atoms. The molecule has 2 rings (SSSR count). The van der Waals surface area contributed by atoms with Gasteiger partial charge in [-0.25, -0.2) is 0 Å². The molecule has 138 valence electrons. The van der Waals surface area contributed by atoms with Crippen LogP contribution in [0.1, 0.15) is 40.5 Å². The molecule has 0 N–H and O–H groups in total. The summed E-state index contributed by atoms with van der Waals surface area (Å²) in [5.41, 5.74) is -0.928. The van der Waals surface area contributed by atoms with Gasteiger partial charge in [0.2, 0.25) is 5.91 Å². The van der Waals surface area contributed by atoms with E-state index in [1.165, 1.54) is 0 Å². The summed E-state index contributed by atoms with van der Waals surface area (Å²) in [6.45, 7) is 10.0. The van der Waals surface area contributed by atoms with Crippen molar-refractivity contribution in [2.75, 3.05) is 26.2 Å². The molecule has 0 aliphatic carbocycles. The summed E-state index contributed by atoms with van der Waals surface area (Å²) in [7, 11) is 0. The summed E-state index contributed by atoms with van der Waals surface area (Å²) >= 11 is 0. The Bertz CT molecular complexity index is 574. The molecule has 0 unspecified atom stereocenters. The number of hydrogen-bond acceptors (Lipinski definition) is 3. The van der Waals surface area contributed by atoms with Crippen LogP contribution in [-0.2, 0) is 9.59 Å². The number of ether oxygens (including phenoxy) is 1. The molecule has 0 atom stereocenters. The summed E-state index contributed by atoms with van der Waals surface area (Å²) < 4.78 is 5.89. The van der Waals surface area contributed by atoms with Gasteiger partial charge in [-0.2, -0.15) is 0 Å². The second kappa shape index (κ2) is 8.37. The predicted octanol–water partition coefficient (Wildman–Crippen LogP) is 2.95. The zero-order valence-corrected chi connectivity index (χ0v) is 15.8. The normalized spacial score (nSPS) is 15.4. The van der Waals surface area contributed by atoms with Crippen LogP contribution in [0.25, 0.3) is 0 Å². The Balaban J connectivity index is 1.93. The molecule has 0 aromatic heterocycles. The van der Waals surface area contributed by atoms with Crippen molar-refractivity contribution >= 4 is 11.8 Å². The van der Waals surface area contributed by atoms with E-state index in [-0.39, 0.29) is 17.7 Å². The number of carbonyl (C=O) groups is 2. The monoisotopic (exact) mass is 346 g/mol. The quantitative estimate of drug-likeness (QED) is 0.796. The minimum Gasteiger partial charge on any atom is -0.478 e. The molecule has 0 radical (unpaired) electrons. The van der Waals surface area contributed by atoms with Gasteiger partial charge in [0.15, 0.2) is 5.60 Å². The van der Waals surface area contributed by atoms with Gasteiger partial charge < -0.3 is 14.5 Å². The van der Waals surface area contributed by atoms with Gasteiger partial charge in [-0.15, -0.1) is 0 Å². The first-order chi connectivity index (χ1) is 11.9. The van der Waals surface area contributed by atoms with Gasteiger partial charge in [0.05, 0.1) is 0 Å². The Kier molecular flexibility index (Phi) is 6.45. The molecule has 0 spiro atoms. The number of carbonyl (C=O) groups excluding carboxylic acids is 2. The highest BCUT2D eigenvalue weighted by Gasteiger charge is 2.36. The second-order valence-electron chi connectivity index (χ2n) is 7.06. The maximum atomic E-state index is 12.8. The molecule has 1 heterocycles. The summed E-state index contributed by atoms with van der Waals surface area (Å²) in [5, 5.41) is 0. The number of hydrogen-bond donors (Lipinski definition) is 0. The van der Waals surface area contributed by atoms with Crippen molar-refractivity contribution in [3.8, 4) is 5.75 Å². The molecule has 5 nitrogen and oxygen atoms in total. The van der Waals surface area contributed by atoms with E-state index in [0.29, 0.717) is 31.9 Å². The number of amides is 2. The molecule has 1 saturated heterocycles. The lowest BCUT2D eigenvalue weighted by Gasteiger charge is -2.39. The Morgan fingerprint density at radius 3 is 2.04 bits per heavy atom. The molecular formula is C20H30N2O3. The van der Waals surface area contributed by atoms with Crippen molar-refractivity contribution in [3.05, 3.63) is 30.3 Å². The Morgan fingerprint density at radius 2 is 1.52 bits per heavy atom. The van der Waals surface area contributed by atoms with E-state index >= 15 is 0 Å². The maximum absolute atomic E-state index is 12.8. The van der Waals surface area contributed by atoms with E-state index in [4.69, 9.17) is 4.74 Å². The van der Waals surface area contributed by atoms with E-state index in [9.17, 15) is 9.59 Å². The SMILES string of the molecule is CCC(CC)C(=O)N1CCN(C(=O)C(C)(C)Oc2ccccc2)CC1. The Hall–Kier alpha value is -2.04. The topological polar surface area (TPSA) is 49.9 Å². The van der Waals surface area contributed by atoms with Gasteiger partial charge in [-0.3, -0.25) is 9.59 Å². The average molecular weight is 346 g/mol. The van der Waals surface area contributed by atoms with Crippen LogP contribution in [0.2, 0.25) is 0 Å². The van der Waals surface area contributed by atoms with E-state index in [1.54, 1.807) is 18.7 Å². The van der Waals surface area contributed by atoms with Crippen LogP contribution in [0.5, 0.6) is 5.75 Å². The highest BCUT2D eigenvalue weighted by molar-refractivity contribution is 5.85. The van der Waals surface area contributed by atoms with E-state index in [1.807, 2.05) is 35.2 Å². The highest BCUT2D eigenvalue weighted by Crippen LogP contribution is 2.21. The molecule has 1 fully saturated rings. The zero-order chi connectivity index (χ0) is 18.4. The van der Waals surface area contributed by atoms with Crippen LogP contribution in [-0.4, -0.2) is 53.4 Å². The number of benzene rings is 1. The predicted molar refractivity (Wildman–Crippen MR) is 98.4 cm³/mol. The number of rotatable bonds is 6. The van der Waals surface area contributed by atoms with Gasteiger partial charge >= 0.3 is 0 Å². The van der Waals surface area contributed by atoms with Crippen LogP contribution < -0.4 is 4.74 Å². The fourth-order valence-corrected chi connectivity index (χ4v) is 3.23. The van der Waals surface area contributed by atoms with Crippen LogP contribution in [0.15, 0.2) is 30.3 Å². The van der Waals surface area contributed by atoms with Crippen LogP contribution in [0.4, 0.5) is 0 Å². The van der Waals surface area contributed by atoms with E-state index < -0.39 is 5.60 Å². The summed E-state index contributed by atoms with van der Waals surface area (Å²) in [4.78, 5) is 29.0. The molecule has 1 aromatic rings. The van der Waals surface area contributed by atoms with Gasteiger partial charge in [0.1, 0.15) is 5.75 Å². The molecule has 1 aromatic carbocycles. The third-order valence-electron chi connectivity index (χ3n) is 4.84. The summed E-state index contributed by atoms with van der Waals surface area (Å²) in [6.07, 6.45) is 1.73. The van der Waals surface area contributed by atoms with Crippen molar-refractivity contribution < 1.29 is 14.3 Å². The first kappa shape index (κ1) is 19.3. The van der Waals surface area contributed by atoms with Crippen molar-refractivity contribution in [3.63, 3.8) is 0 Å². The maximum Gasteiger partial charge on any atom is 0.266 e. The smallest absolute Gasteiger partial charge is 0.266 e. The van der Waals surface area contributed by atoms with Crippen molar-refractivity contribution in [2.24, 2.45) is 5.92 Å². The summed E-state index contributed by atoms with van der Waals surface area (Å²) in [6, 6.07) is 9.39. The molecule has 1 aliphatic heterocycles.